The Bertz CT molecular complexity index is 721. The number of hydrogen-bond acceptors (Lipinski definition) is 5. The zero-order chi connectivity index (χ0) is 14.4. The van der Waals surface area contributed by atoms with Crippen LogP contribution in [0.1, 0.15) is 39.5 Å². The van der Waals surface area contributed by atoms with E-state index in [9.17, 15) is 9.59 Å². The van der Waals surface area contributed by atoms with Crippen molar-refractivity contribution < 1.29 is 9.59 Å². The Morgan fingerprint density at radius 3 is 2.60 bits per heavy atom. The molecule has 2 N–H and O–H groups in total. The van der Waals surface area contributed by atoms with E-state index in [1.807, 2.05) is 0 Å². The van der Waals surface area contributed by atoms with Crippen LogP contribution in [0.5, 0.6) is 0 Å². The minimum absolute atomic E-state index is 0.270. The van der Waals surface area contributed by atoms with Gasteiger partial charge >= 0.3 is 0 Å². The van der Waals surface area contributed by atoms with Crippen LogP contribution < -0.4 is 5.73 Å². The van der Waals surface area contributed by atoms with Crippen molar-refractivity contribution in [3.8, 4) is 0 Å². The van der Waals surface area contributed by atoms with E-state index in [1.165, 1.54) is 11.2 Å². The number of carbonyl (C=O) groups is 2. The van der Waals surface area contributed by atoms with Gasteiger partial charge in [0.25, 0.3) is 11.8 Å². The Balaban J connectivity index is 2.06. The molecule has 20 heavy (non-hydrogen) atoms. The molecule has 0 saturated carbocycles. The molecule has 0 spiro atoms. The molecule has 0 aliphatic carbocycles. The largest absolute Gasteiger partial charge is 0.398 e. The monoisotopic (exact) mass is 271 g/mol. The summed E-state index contributed by atoms with van der Waals surface area (Å²) in [5.74, 6) is -0.204. The fourth-order valence-corrected chi connectivity index (χ4v) is 2.47. The number of nitrogens with two attached hydrogens (primary N) is 1. The molecule has 102 valence electrons. The highest BCUT2D eigenvalue weighted by Crippen LogP contribution is 2.32. The lowest BCUT2D eigenvalue weighted by Crippen LogP contribution is -2.34. The number of hydrogen-bond donors (Lipinski definition) is 1. The quantitative estimate of drug-likeness (QED) is 0.642. The second kappa shape index (κ2) is 4.16. The number of nitrogens with zero attached hydrogens (tertiary/aromatic N) is 4. The fourth-order valence-electron chi connectivity index (χ4n) is 2.47. The van der Waals surface area contributed by atoms with Crippen molar-refractivity contribution in [2.75, 3.05) is 5.73 Å². The van der Waals surface area contributed by atoms with E-state index >= 15 is 0 Å². The van der Waals surface area contributed by atoms with E-state index in [2.05, 4.69) is 10.2 Å². The van der Waals surface area contributed by atoms with Gasteiger partial charge in [-0.05, 0) is 19.1 Å². The van der Waals surface area contributed by atoms with Gasteiger partial charge in [-0.1, -0.05) is 6.07 Å². The van der Waals surface area contributed by atoms with Crippen LogP contribution in [0.25, 0.3) is 0 Å². The number of aromatic nitrogens is 3. The van der Waals surface area contributed by atoms with E-state index in [1.54, 1.807) is 36.7 Å². The topological polar surface area (TPSA) is 94.1 Å². The second-order valence-electron chi connectivity index (χ2n) is 4.73. The molecule has 0 fully saturated rings. The van der Waals surface area contributed by atoms with Gasteiger partial charge in [-0.2, -0.15) is 0 Å². The Kier molecular flexibility index (Phi) is 2.56. The van der Waals surface area contributed by atoms with Gasteiger partial charge in [0.15, 0.2) is 5.82 Å². The first-order valence-electron chi connectivity index (χ1n) is 6.12. The minimum atomic E-state index is -0.505. The first-order valence-corrected chi connectivity index (χ1v) is 6.12. The lowest BCUT2D eigenvalue weighted by atomic mass is 10.1. The van der Waals surface area contributed by atoms with Crippen molar-refractivity contribution in [1.82, 2.24) is 19.7 Å². The minimum Gasteiger partial charge on any atom is -0.398 e. The Hall–Kier alpha value is -2.70. The standard InChI is InChI=1S/C13H13N5O2/c1-7(11-16-15-6-17(11)2)18-12(19)8-4-3-5-9(14)10(8)13(18)20/h3-7H,14H2,1-2H3. The molecular formula is C13H13N5O2. The number of anilines is 1. The molecule has 1 aromatic carbocycles. The lowest BCUT2D eigenvalue weighted by molar-refractivity contribution is 0.0587. The summed E-state index contributed by atoms with van der Waals surface area (Å²) in [5.41, 5.74) is 6.72. The highest BCUT2D eigenvalue weighted by molar-refractivity contribution is 6.23. The summed E-state index contributed by atoms with van der Waals surface area (Å²) in [4.78, 5) is 26.0. The smallest absolute Gasteiger partial charge is 0.264 e. The van der Waals surface area contributed by atoms with Crippen LogP contribution in [0, 0.1) is 0 Å². The Morgan fingerprint density at radius 2 is 2.00 bits per heavy atom. The third-order valence-electron chi connectivity index (χ3n) is 3.49. The van der Waals surface area contributed by atoms with Crippen LogP contribution in [0.15, 0.2) is 24.5 Å². The van der Waals surface area contributed by atoms with Crippen LogP contribution in [-0.2, 0) is 7.05 Å². The number of amides is 2. The summed E-state index contributed by atoms with van der Waals surface area (Å²) in [6, 6.07) is 4.38. The molecule has 2 heterocycles. The number of benzene rings is 1. The molecule has 1 atom stereocenters. The highest BCUT2D eigenvalue weighted by Gasteiger charge is 2.41. The van der Waals surface area contributed by atoms with Crippen LogP contribution in [0.2, 0.25) is 0 Å². The van der Waals surface area contributed by atoms with Crippen LogP contribution >= 0.6 is 0 Å². The average Bonchev–Trinajstić information content (AvgIpc) is 2.93. The number of aryl methyl sites for hydroxylation is 1. The molecule has 2 aromatic rings. The van der Waals surface area contributed by atoms with Crippen molar-refractivity contribution in [3.05, 3.63) is 41.5 Å². The fraction of sp³-hybridized carbons (Fsp3) is 0.231. The van der Waals surface area contributed by atoms with E-state index in [4.69, 9.17) is 5.73 Å². The second-order valence-corrected chi connectivity index (χ2v) is 4.73. The molecule has 1 aliphatic rings. The van der Waals surface area contributed by atoms with Crippen LogP contribution in [0.4, 0.5) is 5.69 Å². The van der Waals surface area contributed by atoms with Gasteiger partial charge in [0, 0.05) is 12.7 Å². The number of imide groups is 1. The van der Waals surface area contributed by atoms with Crippen LogP contribution in [-0.4, -0.2) is 31.5 Å². The number of fused-ring (bicyclic) bond motifs is 1. The summed E-state index contributed by atoms with van der Waals surface area (Å²) < 4.78 is 1.68. The van der Waals surface area contributed by atoms with Crippen molar-refractivity contribution in [1.29, 1.82) is 0 Å². The Labute approximate surface area is 115 Å². The molecule has 1 aromatic heterocycles. The first kappa shape index (κ1) is 12.3. The van der Waals surface area contributed by atoms with Crippen LogP contribution in [0.3, 0.4) is 0 Å². The van der Waals surface area contributed by atoms with Gasteiger partial charge in [-0.15, -0.1) is 10.2 Å². The Morgan fingerprint density at radius 1 is 1.25 bits per heavy atom. The first-order chi connectivity index (χ1) is 9.52. The van der Waals surface area contributed by atoms with Crippen molar-refractivity contribution in [2.45, 2.75) is 13.0 Å². The van der Waals surface area contributed by atoms with Gasteiger partial charge in [0.05, 0.1) is 17.2 Å². The molecule has 1 unspecified atom stereocenters. The molecule has 7 nitrogen and oxygen atoms in total. The van der Waals surface area contributed by atoms with Gasteiger partial charge in [-0.25, -0.2) is 0 Å². The number of carbonyl (C=O) groups excluding carboxylic acids is 2. The molecule has 0 bridgehead atoms. The van der Waals surface area contributed by atoms with Crippen molar-refractivity contribution >= 4 is 17.5 Å². The number of rotatable bonds is 2. The van der Waals surface area contributed by atoms with Crippen molar-refractivity contribution in [2.24, 2.45) is 7.05 Å². The summed E-state index contributed by atoms with van der Waals surface area (Å²) in [6.07, 6.45) is 1.53. The molecule has 1 aliphatic heterocycles. The highest BCUT2D eigenvalue weighted by atomic mass is 16.2. The van der Waals surface area contributed by atoms with E-state index in [0.717, 1.165) is 0 Å². The normalized spacial score (nSPS) is 15.6. The van der Waals surface area contributed by atoms with E-state index in [0.29, 0.717) is 17.1 Å². The SMILES string of the molecule is CC(c1nncn1C)N1C(=O)c2cccc(N)c2C1=O. The summed E-state index contributed by atoms with van der Waals surface area (Å²) in [5, 5.41) is 7.72. The molecule has 3 rings (SSSR count). The van der Waals surface area contributed by atoms with Crippen molar-refractivity contribution in [3.63, 3.8) is 0 Å². The lowest BCUT2D eigenvalue weighted by Gasteiger charge is -2.21. The van der Waals surface area contributed by atoms with E-state index in [-0.39, 0.29) is 11.5 Å². The van der Waals surface area contributed by atoms with Gasteiger partial charge in [0.1, 0.15) is 6.33 Å². The maximum Gasteiger partial charge on any atom is 0.264 e. The zero-order valence-corrected chi connectivity index (χ0v) is 11.1. The molecule has 0 saturated heterocycles. The zero-order valence-electron chi connectivity index (χ0n) is 11.1. The van der Waals surface area contributed by atoms with Gasteiger partial charge in [0.2, 0.25) is 0 Å². The maximum absolute atomic E-state index is 12.4. The predicted molar refractivity (Wildman–Crippen MR) is 70.8 cm³/mol. The third kappa shape index (κ3) is 1.52. The average molecular weight is 271 g/mol. The van der Waals surface area contributed by atoms with Gasteiger partial charge in [-0.3, -0.25) is 14.5 Å². The van der Waals surface area contributed by atoms with E-state index < -0.39 is 11.9 Å². The predicted octanol–water partition coefficient (Wildman–Crippen LogP) is 0.755. The summed E-state index contributed by atoms with van der Waals surface area (Å²) in [7, 11) is 1.76. The number of nitrogen functional groups attached to an aromatic ring is 1. The molecule has 2 amide bonds. The van der Waals surface area contributed by atoms with Gasteiger partial charge < -0.3 is 10.3 Å². The summed E-state index contributed by atoms with van der Waals surface area (Å²) >= 11 is 0. The molecule has 0 radical (unpaired) electrons. The molecular weight excluding hydrogens is 258 g/mol. The molecule has 7 heteroatoms. The summed E-state index contributed by atoms with van der Waals surface area (Å²) in [6.45, 7) is 1.74. The third-order valence-corrected chi connectivity index (χ3v) is 3.49. The maximum atomic E-state index is 12.4.